The smallest absolute Gasteiger partial charge is 0.285 e. The van der Waals surface area contributed by atoms with E-state index in [9.17, 15) is 14.4 Å². The molecule has 0 rings (SSSR count). The Bertz CT molecular complexity index is 204. The van der Waals surface area contributed by atoms with Crippen LogP contribution in [0.25, 0.3) is 0 Å². The molecule has 0 aliphatic heterocycles. The highest BCUT2D eigenvalue weighted by atomic mass is 127. The monoisotopic (exact) mass is 270 g/mol. The van der Waals surface area contributed by atoms with Crippen LogP contribution in [-0.2, 0) is 14.4 Å². The molecular formula is C5H7IN2O3. The molecule has 0 aromatic carbocycles. The Morgan fingerprint density at radius 3 is 2.00 bits per heavy atom. The lowest BCUT2D eigenvalue weighted by Gasteiger charge is -2.01. The molecule has 4 N–H and O–H groups in total. The van der Waals surface area contributed by atoms with E-state index in [2.05, 4.69) is 5.73 Å². The minimum absolute atomic E-state index is 0.150. The number of amides is 2. The van der Waals surface area contributed by atoms with Crippen LogP contribution in [-0.4, -0.2) is 21.5 Å². The number of Topliss-reactive ketones (excluding diaryl/α,β-unsaturated/α-hetero) is 1. The highest BCUT2D eigenvalue weighted by Crippen LogP contribution is 2.05. The van der Waals surface area contributed by atoms with E-state index >= 15 is 0 Å². The Labute approximate surface area is 76.6 Å². The van der Waals surface area contributed by atoms with Gasteiger partial charge in [-0.3, -0.25) is 14.4 Å². The van der Waals surface area contributed by atoms with Crippen molar-refractivity contribution in [2.75, 3.05) is 0 Å². The summed E-state index contributed by atoms with van der Waals surface area (Å²) >= 11 is 1.65. The number of rotatable bonds is 4. The number of halogens is 1. The number of carbonyl (C=O) groups excluding carboxylic acids is 3. The lowest BCUT2D eigenvalue weighted by atomic mass is 10.2. The SMILES string of the molecule is NC(=O)CC(I)C(=O)C(N)=O. The molecule has 0 aliphatic rings. The van der Waals surface area contributed by atoms with Gasteiger partial charge in [-0.1, -0.05) is 22.6 Å². The van der Waals surface area contributed by atoms with Crippen LogP contribution in [0.3, 0.4) is 0 Å². The number of alkyl halides is 1. The molecule has 0 radical (unpaired) electrons. The number of hydrogen-bond acceptors (Lipinski definition) is 3. The summed E-state index contributed by atoms with van der Waals surface area (Å²) in [5.74, 6) is -2.44. The Morgan fingerprint density at radius 1 is 1.27 bits per heavy atom. The van der Waals surface area contributed by atoms with E-state index in [0.717, 1.165) is 0 Å². The van der Waals surface area contributed by atoms with E-state index in [-0.39, 0.29) is 6.42 Å². The first kappa shape index (κ1) is 10.3. The highest BCUT2D eigenvalue weighted by Gasteiger charge is 2.21. The summed E-state index contributed by atoms with van der Waals surface area (Å²) in [6.45, 7) is 0. The predicted molar refractivity (Wildman–Crippen MR) is 45.8 cm³/mol. The van der Waals surface area contributed by atoms with Gasteiger partial charge in [-0.05, 0) is 0 Å². The van der Waals surface area contributed by atoms with Gasteiger partial charge in [-0.15, -0.1) is 0 Å². The molecule has 0 heterocycles. The molecule has 2 amide bonds. The van der Waals surface area contributed by atoms with Gasteiger partial charge in [-0.2, -0.15) is 0 Å². The van der Waals surface area contributed by atoms with Gasteiger partial charge in [0.2, 0.25) is 11.7 Å². The van der Waals surface area contributed by atoms with Gasteiger partial charge in [-0.25, -0.2) is 0 Å². The van der Waals surface area contributed by atoms with Crippen LogP contribution in [0.5, 0.6) is 0 Å². The fourth-order valence-electron chi connectivity index (χ4n) is 0.424. The topological polar surface area (TPSA) is 103 Å². The number of nitrogens with two attached hydrogens (primary N) is 2. The Hall–Kier alpha value is -0.660. The minimum atomic E-state index is -1.04. The van der Waals surface area contributed by atoms with Crippen LogP contribution in [0, 0.1) is 0 Å². The van der Waals surface area contributed by atoms with Crippen molar-refractivity contribution in [2.45, 2.75) is 10.3 Å². The Morgan fingerprint density at radius 2 is 1.73 bits per heavy atom. The number of hydrogen-bond donors (Lipinski definition) is 2. The van der Waals surface area contributed by atoms with Gasteiger partial charge in [0, 0.05) is 6.42 Å². The standard InChI is InChI=1S/C5H7IN2O3/c6-2(1-3(7)9)4(10)5(8)11/h2H,1H2,(H2,7,9)(H2,8,11). The first-order valence-corrected chi connectivity index (χ1v) is 3.95. The van der Waals surface area contributed by atoms with Gasteiger partial charge in [0.1, 0.15) is 0 Å². The van der Waals surface area contributed by atoms with Gasteiger partial charge >= 0.3 is 0 Å². The molecule has 5 nitrogen and oxygen atoms in total. The van der Waals surface area contributed by atoms with Gasteiger partial charge in [0.05, 0.1) is 3.92 Å². The summed E-state index contributed by atoms with van der Waals surface area (Å²) < 4.78 is -0.734. The van der Waals surface area contributed by atoms with Crippen molar-refractivity contribution >= 4 is 40.2 Å². The van der Waals surface area contributed by atoms with Crippen LogP contribution in [0.15, 0.2) is 0 Å². The lowest BCUT2D eigenvalue weighted by molar-refractivity contribution is -0.135. The summed E-state index contributed by atoms with van der Waals surface area (Å²) in [6, 6.07) is 0. The van der Waals surface area contributed by atoms with Gasteiger partial charge < -0.3 is 11.5 Å². The van der Waals surface area contributed by atoms with Crippen molar-refractivity contribution in [3.63, 3.8) is 0 Å². The van der Waals surface area contributed by atoms with Crippen LogP contribution < -0.4 is 11.5 Å². The first-order valence-electron chi connectivity index (χ1n) is 2.71. The molecular weight excluding hydrogens is 263 g/mol. The predicted octanol–water partition coefficient (Wildman–Crippen LogP) is -1.28. The number of ketones is 1. The second-order valence-electron chi connectivity index (χ2n) is 1.87. The van der Waals surface area contributed by atoms with Crippen molar-refractivity contribution in [2.24, 2.45) is 11.5 Å². The van der Waals surface area contributed by atoms with Gasteiger partial charge in [0.15, 0.2) is 0 Å². The molecule has 0 saturated carbocycles. The summed E-state index contributed by atoms with van der Waals surface area (Å²) in [5, 5.41) is 0. The van der Waals surface area contributed by atoms with E-state index in [1.54, 1.807) is 22.6 Å². The minimum Gasteiger partial charge on any atom is -0.370 e. The lowest BCUT2D eigenvalue weighted by Crippen LogP contribution is -2.32. The fourth-order valence-corrected chi connectivity index (χ4v) is 1.16. The molecule has 1 unspecified atom stereocenters. The van der Waals surface area contributed by atoms with Crippen molar-refractivity contribution in [3.8, 4) is 0 Å². The van der Waals surface area contributed by atoms with Crippen molar-refractivity contribution in [1.82, 2.24) is 0 Å². The van der Waals surface area contributed by atoms with Crippen LogP contribution >= 0.6 is 22.6 Å². The van der Waals surface area contributed by atoms with E-state index in [0.29, 0.717) is 0 Å². The summed E-state index contributed by atoms with van der Waals surface area (Å²) in [4.78, 5) is 31.2. The number of carbonyl (C=O) groups is 3. The maximum atomic E-state index is 10.7. The molecule has 0 saturated heterocycles. The fraction of sp³-hybridized carbons (Fsp3) is 0.400. The van der Waals surface area contributed by atoms with Crippen molar-refractivity contribution in [1.29, 1.82) is 0 Å². The van der Waals surface area contributed by atoms with Crippen LogP contribution in [0.2, 0.25) is 0 Å². The zero-order chi connectivity index (χ0) is 9.02. The first-order chi connectivity index (χ1) is 4.95. The quantitative estimate of drug-likeness (QED) is 0.377. The molecule has 0 aromatic rings. The maximum absolute atomic E-state index is 10.7. The maximum Gasteiger partial charge on any atom is 0.285 e. The van der Waals surface area contributed by atoms with Crippen molar-refractivity contribution in [3.05, 3.63) is 0 Å². The van der Waals surface area contributed by atoms with E-state index < -0.39 is 21.5 Å². The Balaban J connectivity index is 4.03. The molecule has 0 aromatic heterocycles. The van der Waals surface area contributed by atoms with Crippen molar-refractivity contribution < 1.29 is 14.4 Å². The molecule has 0 bridgehead atoms. The molecule has 0 fully saturated rings. The van der Waals surface area contributed by atoms with Crippen LogP contribution in [0.4, 0.5) is 0 Å². The third kappa shape index (κ3) is 3.91. The molecule has 62 valence electrons. The zero-order valence-electron chi connectivity index (χ0n) is 5.54. The second-order valence-corrected chi connectivity index (χ2v) is 3.37. The van der Waals surface area contributed by atoms with Crippen LogP contribution in [0.1, 0.15) is 6.42 Å². The largest absolute Gasteiger partial charge is 0.370 e. The van der Waals surface area contributed by atoms with E-state index in [1.165, 1.54) is 0 Å². The van der Waals surface area contributed by atoms with E-state index in [1.807, 2.05) is 0 Å². The zero-order valence-corrected chi connectivity index (χ0v) is 7.70. The second kappa shape index (κ2) is 4.27. The Kier molecular flexibility index (Phi) is 4.01. The summed E-state index contributed by atoms with van der Waals surface area (Å²) in [6.07, 6.45) is -0.150. The average Bonchev–Trinajstić information content (AvgIpc) is 1.84. The third-order valence-electron chi connectivity index (χ3n) is 0.908. The molecule has 0 spiro atoms. The molecule has 1 atom stereocenters. The number of primary amides is 2. The normalized spacial score (nSPS) is 12.1. The summed E-state index contributed by atoms with van der Waals surface area (Å²) in [7, 11) is 0. The van der Waals surface area contributed by atoms with E-state index in [4.69, 9.17) is 5.73 Å². The molecule has 0 aliphatic carbocycles. The summed E-state index contributed by atoms with van der Waals surface area (Å²) in [5.41, 5.74) is 9.45. The molecule has 11 heavy (non-hydrogen) atoms. The van der Waals surface area contributed by atoms with Gasteiger partial charge in [0.25, 0.3) is 5.91 Å². The highest BCUT2D eigenvalue weighted by molar-refractivity contribution is 14.1. The average molecular weight is 270 g/mol. The molecule has 6 heteroatoms. The third-order valence-corrected chi connectivity index (χ3v) is 1.91.